The van der Waals surface area contributed by atoms with Crippen molar-refractivity contribution in [3.8, 4) is 0 Å². The lowest BCUT2D eigenvalue weighted by atomic mass is 10.0. The van der Waals surface area contributed by atoms with Crippen molar-refractivity contribution < 1.29 is 47.7 Å². The molecule has 10 heteroatoms. The van der Waals surface area contributed by atoms with Crippen LogP contribution in [0.5, 0.6) is 0 Å². The molecule has 0 fully saturated rings. The van der Waals surface area contributed by atoms with Crippen LogP contribution < -0.4 is 0 Å². The maximum atomic E-state index is 13.2. The molecule has 0 bridgehead atoms. The Morgan fingerprint density at radius 1 is 0.211 bits per heavy atom. The Labute approximate surface area is 558 Å². The van der Waals surface area contributed by atoms with E-state index in [-0.39, 0.29) is 36.5 Å². The first-order valence-corrected chi connectivity index (χ1v) is 40.1. The van der Waals surface area contributed by atoms with Gasteiger partial charge in [0.15, 0.2) is 0 Å². The van der Waals surface area contributed by atoms with E-state index in [1.807, 2.05) is 6.92 Å². The van der Waals surface area contributed by atoms with E-state index in [4.69, 9.17) is 23.7 Å². The van der Waals surface area contributed by atoms with Gasteiger partial charge in [-0.1, -0.05) is 362 Å². The van der Waals surface area contributed by atoms with Gasteiger partial charge in [-0.15, -0.1) is 0 Å². The number of carbonyl (C=O) groups excluding carboxylic acids is 5. The smallest absolute Gasteiger partial charge is 0.306 e. The number of esters is 5. The second kappa shape index (κ2) is 73.8. The largest absolute Gasteiger partial charge is 0.466 e. The third kappa shape index (κ3) is 69.7. The molecule has 0 saturated carbocycles. The van der Waals surface area contributed by atoms with Gasteiger partial charge in [0.2, 0.25) is 0 Å². The maximum absolute atomic E-state index is 13.2. The predicted molar refractivity (Wildman–Crippen MR) is 380 cm³/mol. The average molecular weight is 1270 g/mol. The van der Waals surface area contributed by atoms with Gasteiger partial charge in [-0.25, -0.2) is 0 Å². The fraction of sp³-hybridized carbons (Fsp3) is 0.938. The lowest BCUT2D eigenvalue weighted by Crippen LogP contribution is -2.31. The van der Waals surface area contributed by atoms with E-state index in [2.05, 4.69) is 20.8 Å². The van der Waals surface area contributed by atoms with Crippen LogP contribution in [0.3, 0.4) is 0 Å². The third-order valence-electron chi connectivity index (χ3n) is 18.5. The van der Waals surface area contributed by atoms with Crippen LogP contribution in [0.4, 0.5) is 0 Å². The number of unbranched alkanes of at least 4 members (excludes halogenated alkanes) is 54. The SMILES string of the molecule is CCCCCCCCCCCCCCCCCC(=O)OCCCCCCCCCCCC(=O)OCC(CC(CC)OC(=O)CCCCCCCCCCCCC)OC(=O)CCCCCCCCCCCOC(=O)CCCCCCCCCCCCCCCCC. The van der Waals surface area contributed by atoms with Crippen LogP contribution >= 0.6 is 0 Å². The van der Waals surface area contributed by atoms with Gasteiger partial charge in [-0.2, -0.15) is 0 Å². The summed E-state index contributed by atoms with van der Waals surface area (Å²) in [4.78, 5) is 63.5. The second-order valence-corrected chi connectivity index (χ2v) is 27.5. The first-order valence-electron chi connectivity index (χ1n) is 40.1. The van der Waals surface area contributed by atoms with Crippen molar-refractivity contribution in [2.45, 2.75) is 464 Å². The highest BCUT2D eigenvalue weighted by Crippen LogP contribution is 2.21. The van der Waals surface area contributed by atoms with Crippen LogP contribution in [-0.2, 0) is 47.7 Å². The standard InChI is InChI=1S/C80H152O10/c1-5-9-12-15-18-21-24-26-28-30-33-37-44-51-58-65-76(81)86-70-63-56-49-42-35-40-46-53-60-67-78(83)88-73-75(72-74(8-4)89-79(84)68-61-54-47-39-32-23-20-17-14-11-7-3)90-80(85)69-62-55-48-41-36-43-50-57-64-71-87-77(82)66-59-52-45-38-34-31-29-27-25-22-19-16-13-10-6-2/h74-75H,5-73H2,1-4H3. The van der Waals surface area contributed by atoms with Gasteiger partial charge in [-0.05, 0) is 51.4 Å². The monoisotopic (exact) mass is 1270 g/mol. The fourth-order valence-electron chi connectivity index (χ4n) is 12.4. The maximum Gasteiger partial charge on any atom is 0.306 e. The number of ether oxygens (including phenoxy) is 5. The first-order chi connectivity index (χ1) is 44.2. The molecule has 10 nitrogen and oxygen atoms in total. The summed E-state index contributed by atoms with van der Waals surface area (Å²) < 4.78 is 28.6. The highest BCUT2D eigenvalue weighted by atomic mass is 16.6. The minimum atomic E-state index is -0.667. The Morgan fingerprint density at radius 2 is 0.400 bits per heavy atom. The van der Waals surface area contributed by atoms with Crippen LogP contribution in [0.25, 0.3) is 0 Å². The van der Waals surface area contributed by atoms with Crippen LogP contribution in [0, 0.1) is 0 Å². The van der Waals surface area contributed by atoms with Gasteiger partial charge in [0.1, 0.15) is 18.8 Å². The zero-order chi connectivity index (χ0) is 65.4. The minimum Gasteiger partial charge on any atom is -0.466 e. The van der Waals surface area contributed by atoms with Crippen LogP contribution in [0.1, 0.15) is 451 Å². The van der Waals surface area contributed by atoms with Crippen molar-refractivity contribution in [2.75, 3.05) is 19.8 Å². The van der Waals surface area contributed by atoms with Gasteiger partial charge in [-0.3, -0.25) is 24.0 Å². The molecule has 0 aromatic heterocycles. The van der Waals surface area contributed by atoms with Crippen molar-refractivity contribution in [3.63, 3.8) is 0 Å². The fourth-order valence-corrected chi connectivity index (χ4v) is 12.4. The molecule has 0 radical (unpaired) electrons. The van der Waals surface area contributed by atoms with Crippen molar-refractivity contribution in [1.82, 2.24) is 0 Å². The Bertz CT molecular complexity index is 1520. The van der Waals surface area contributed by atoms with E-state index in [0.717, 1.165) is 141 Å². The zero-order valence-corrected chi connectivity index (χ0v) is 60.5. The molecule has 2 atom stereocenters. The summed E-state index contributed by atoms with van der Waals surface area (Å²) >= 11 is 0. The van der Waals surface area contributed by atoms with E-state index in [1.54, 1.807) is 0 Å². The molecule has 90 heavy (non-hydrogen) atoms. The van der Waals surface area contributed by atoms with Crippen molar-refractivity contribution in [1.29, 1.82) is 0 Å². The Kier molecular flexibility index (Phi) is 71.6. The molecule has 2 unspecified atom stereocenters. The average Bonchev–Trinajstić information content (AvgIpc) is 3.73. The molecule has 0 saturated heterocycles. The number of carbonyl (C=O) groups is 5. The topological polar surface area (TPSA) is 132 Å². The van der Waals surface area contributed by atoms with Crippen LogP contribution in [-0.4, -0.2) is 61.9 Å². The van der Waals surface area contributed by atoms with Crippen LogP contribution in [0.2, 0.25) is 0 Å². The molecule has 0 aromatic rings. The Hall–Kier alpha value is -2.65. The lowest BCUT2D eigenvalue weighted by molar-refractivity contribution is -0.164. The number of hydrogen-bond donors (Lipinski definition) is 0. The Morgan fingerprint density at radius 3 is 0.633 bits per heavy atom. The van der Waals surface area contributed by atoms with Gasteiger partial charge in [0.05, 0.1) is 13.2 Å². The third-order valence-corrected chi connectivity index (χ3v) is 18.5. The first kappa shape index (κ1) is 87.3. The second-order valence-electron chi connectivity index (χ2n) is 27.5. The molecule has 0 N–H and O–H groups in total. The summed E-state index contributed by atoms with van der Waals surface area (Å²) in [7, 11) is 0. The summed E-state index contributed by atoms with van der Waals surface area (Å²) in [5.74, 6) is -0.859. The number of rotatable bonds is 75. The summed E-state index contributed by atoms with van der Waals surface area (Å²) in [6.07, 6.45) is 73.9. The quantitative estimate of drug-likeness (QED) is 0.0329. The van der Waals surface area contributed by atoms with Gasteiger partial charge in [0.25, 0.3) is 0 Å². The summed E-state index contributed by atoms with van der Waals surface area (Å²) in [6, 6.07) is 0. The van der Waals surface area contributed by atoms with Crippen LogP contribution in [0.15, 0.2) is 0 Å². The van der Waals surface area contributed by atoms with E-state index in [1.165, 1.54) is 238 Å². The molecule has 0 heterocycles. The summed E-state index contributed by atoms with van der Waals surface area (Å²) in [5, 5.41) is 0. The highest BCUT2D eigenvalue weighted by Gasteiger charge is 2.24. The van der Waals surface area contributed by atoms with Crippen molar-refractivity contribution in [2.24, 2.45) is 0 Å². The number of hydrogen-bond acceptors (Lipinski definition) is 10. The molecular formula is C80H152O10. The van der Waals surface area contributed by atoms with Gasteiger partial charge >= 0.3 is 29.8 Å². The van der Waals surface area contributed by atoms with Gasteiger partial charge < -0.3 is 23.7 Å². The van der Waals surface area contributed by atoms with Gasteiger partial charge in [0, 0.05) is 38.5 Å². The summed E-state index contributed by atoms with van der Waals surface area (Å²) in [5.41, 5.74) is 0. The lowest BCUT2D eigenvalue weighted by Gasteiger charge is -2.23. The van der Waals surface area contributed by atoms with Crippen molar-refractivity contribution >= 4 is 29.8 Å². The molecule has 532 valence electrons. The minimum absolute atomic E-state index is 0.0298. The highest BCUT2D eigenvalue weighted by molar-refractivity contribution is 5.71. The van der Waals surface area contributed by atoms with E-state index >= 15 is 0 Å². The molecule has 0 aliphatic carbocycles. The van der Waals surface area contributed by atoms with E-state index < -0.39 is 12.2 Å². The normalized spacial score (nSPS) is 12.1. The molecular weight excluding hydrogens is 1120 g/mol. The van der Waals surface area contributed by atoms with Crippen molar-refractivity contribution in [3.05, 3.63) is 0 Å². The van der Waals surface area contributed by atoms with E-state index in [9.17, 15) is 24.0 Å². The predicted octanol–water partition coefficient (Wildman–Crippen LogP) is 25.3. The summed E-state index contributed by atoms with van der Waals surface area (Å²) in [6.45, 7) is 9.83. The Balaban J connectivity index is 4.34. The molecule has 0 aliphatic heterocycles. The molecule has 0 spiro atoms. The zero-order valence-electron chi connectivity index (χ0n) is 60.5. The molecule has 0 aromatic carbocycles. The van der Waals surface area contributed by atoms with E-state index in [0.29, 0.717) is 58.2 Å². The molecule has 0 aliphatic rings. The molecule has 0 rings (SSSR count). The molecule has 0 amide bonds.